The lowest BCUT2D eigenvalue weighted by atomic mass is 10.0. The maximum atomic E-state index is 12.6. The van der Waals surface area contributed by atoms with Gasteiger partial charge >= 0.3 is 17.9 Å². The fraction of sp³-hybridized carbons (Fsp3) is 0.200. The molecule has 0 aromatic heterocycles. The van der Waals surface area contributed by atoms with Gasteiger partial charge in [0.25, 0.3) is 0 Å². The number of phenolic OH excluding ortho intramolecular Hbond substituents is 1. The van der Waals surface area contributed by atoms with Crippen LogP contribution in [-0.2, 0) is 14.4 Å². The second-order valence-corrected chi connectivity index (χ2v) is 7.14. The Hall–Kier alpha value is -4.20. The van der Waals surface area contributed by atoms with Crippen molar-refractivity contribution in [2.75, 3.05) is 0 Å². The molecular weight excluding hydrogens is 428 g/mol. The highest BCUT2D eigenvalue weighted by atomic mass is 16.6. The molecule has 0 heterocycles. The number of ketones is 1. The Bertz CT molecular complexity index is 1160. The predicted octanol–water partition coefficient (Wildman–Crippen LogP) is 4.40. The minimum atomic E-state index is -0.741. The van der Waals surface area contributed by atoms with Crippen LogP contribution in [0.3, 0.4) is 0 Å². The summed E-state index contributed by atoms with van der Waals surface area (Å²) in [6.07, 6.45) is 1.68. The van der Waals surface area contributed by atoms with Crippen molar-refractivity contribution in [1.82, 2.24) is 0 Å². The Labute approximate surface area is 191 Å². The molecule has 0 atom stereocenters. The van der Waals surface area contributed by atoms with Gasteiger partial charge < -0.3 is 19.3 Å². The molecule has 0 amide bonds. The quantitative estimate of drug-likeness (QED) is 0.271. The number of esters is 3. The number of hydrogen-bond donors (Lipinski definition) is 1. The first-order valence-corrected chi connectivity index (χ1v) is 9.98. The van der Waals surface area contributed by atoms with Gasteiger partial charge in [-0.1, -0.05) is 19.6 Å². The first-order chi connectivity index (χ1) is 15.5. The molecule has 2 aromatic rings. The van der Waals surface area contributed by atoms with E-state index in [2.05, 4.69) is 6.58 Å². The molecule has 0 bridgehead atoms. The molecule has 0 spiro atoms. The standard InChI is InChI=1S/C25H24O8/c1-6-20(28)19-12-17(7-9-21(19)32-24(29)14(2)3)11-15(4)25(30)33-22-10-8-18(27)13-23(22)31-16(5)26/h7-13,27H,2,6H2,1,3-5H3/b15-11+. The number of Topliss-reactive ketones (excluding diaryl/α,β-unsaturated/α-hetero) is 1. The molecule has 1 N–H and O–H groups in total. The average Bonchev–Trinajstić information content (AvgIpc) is 2.75. The van der Waals surface area contributed by atoms with Gasteiger partial charge in [-0.05, 0) is 49.8 Å². The summed E-state index contributed by atoms with van der Waals surface area (Å²) in [7, 11) is 0. The summed E-state index contributed by atoms with van der Waals surface area (Å²) in [6, 6.07) is 8.27. The van der Waals surface area contributed by atoms with Gasteiger partial charge in [-0.15, -0.1) is 0 Å². The molecule has 0 saturated carbocycles. The maximum absolute atomic E-state index is 12.6. The van der Waals surface area contributed by atoms with Crippen LogP contribution in [0.2, 0.25) is 0 Å². The monoisotopic (exact) mass is 452 g/mol. The van der Waals surface area contributed by atoms with Crippen molar-refractivity contribution in [3.05, 3.63) is 65.3 Å². The molecule has 2 rings (SSSR count). The zero-order valence-corrected chi connectivity index (χ0v) is 18.8. The molecule has 2 aromatic carbocycles. The van der Waals surface area contributed by atoms with Crippen LogP contribution in [0.15, 0.2) is 54.1 Å². The SMILES string of the molecule is C=C(C)C(=O)Oc1ccc(/C=C(\C)C(=O)Oc2ccc(O)cc2OC(C)=O)cc1C(=O)CC. The lowest BCUT2D eigenvalue weighted by Crippen LogP contribution is -2.12. The molecule has 8 nitrogen and oxygen atoms in total. The van der Waals surface area contributed by atoms with Gasteiger partial charge in [-0.25, -0.2) is 9.59 Å². The van der Waals surface area contributed by atoms with E-state index >= 15 is 0 Å². The lowest BCUT2D eigenvalue weighted by molar-refractivity contribution is -0.133. The summed E-state index contributed by atoms with van der Waals surface area (Å²) >= 11 is 0. The first-order valence-electron chi connectivity index (χ1n) is 9.98. The van der Waals surface area contributed by atoms with Gasteiger partial charge in [0.05, 0.1) is 5.56 Å². The second-order valence-electron chi connectivity index (χ2n) is 7.14. The largest absolute Gasteiger partial charge is 0.508 e. The molecule has 0 aliphatic heterocycles. The number of carbonyl (C=O) groups excluding carboxylic acids is 4. The zero-order valence-electron chi connectivity index (χ0n) is 18.8. The molecule has 0 unspecified atom stereocenters. The summed E-state index contributed by atoms with van der Waals surface area (Å²) in [5.41, 5.74) is 1.06. The average molecular weight is 452 g/mol. The van der Waals surface area contributed by atoms with E-state index in [9.17, 15) is 24.3 Å². The van der Waals surface area contributed by atoms with Crippen molar-refractivity contribution >= 4 is 29.8 Å². The highest BCUT2D eigenvalue weighted by molar-refractivity contribution is 6.01. The molecule has 33 heavy (non-hydrogen) atoms. The maximum Gasteiger partial charge on any atom is 0.339 e. The van der Waals surface area contributed by atoms with Crippen molar-refractivity contribution in [3.63, 3.8) is 0 Å². The Morgan fingerprint density at radius 3 is 2.12 bits per heavy atom. The third-order valence-corrected chi connectivity index (χ3v) is 4.27. The van der Waals surface area contributed by atoms with Crippen LogP contribution in [0.4, 0.5) is 0 Å². The normalized spacial score (nSPS) is 10.8. The van der Waals surface area contributed by atoms with E-state index < -0.39 is 17.9 Å². The Balaban J connectivity index is 2.32. The fourth-order valence-corrected chi connectivity index (χ4v) is 2.63. The molecule has 172 valence electrons. The van der Waals surface area contributed by atoms with Gasteiger partial charge in [0, 0.05) is 30.6 Å². The van der Waals surface area contributed by atoms with Gasteiger partial charge in [0.15, 0.2) is 17.3 Å². The molecular formula is C25H24O8. The smallest absolute Gasteiger partial charge is 0.339 e. The third kappa shape index (κ3) is 6.90. The number of benzene rings is 2. The number of carbonyl (C=O) groups is 4. The first kappa shape index (κ1) is 25.1. The van der Waals surface area contributed by atoms with E-state index in [1.54, 1.807) is 13.0 Å². The summed E-state index contributed by atoms with van der Waals surface area (Å²) in [5, 5.41) is 9.58. The van der Waals surface area contributed by atoms with E-state index in [0.717, 1.165) is 6.07 Å². The Morgan fingerprint density at radius 1 is 0.879 bits per heavy atom. The van der Waals surface area contributed by atoms with Crippen molar-refractivity contribution < 1.29 is 38.5 Å². The number of rotatable bonds is 8. The molecule has 0 fully saturated rings. The summed E-state index contributed by atoms with van der Waals surface area (Å²) < 4.78 is 15.5. The predicted molar refractivity (Wildman–Crippen MR) is 120 cm³/mol. The van der Waals surface area contributed by atoms with E-state index in [0.29, 0.717) is 5.56 Å². The Morgan fingerprint density at radius 2 is 1.52 bits per heavy atom. The van der Waals surface area contributed by atoms with Crippen LogP contribution in [0.1, 0.15) is 50.0 Å². The molecule has 0 saturated heterocycles. The van der Waals surface area contributed by atoms with Gasteiger partial charge in [-0.3, -0.25) is 9.59 Å². The second kappa shape index (κ2) is 10.9. The van der Waals surface area contributed by atoms with E-state index in [1.807, 2.05) is 0 Å². The van der Waals surface area contributed by atoms with Gasteiger partial charge in [0.2, 0.25) is 0 Å². The van der Waals surface area contributed by atoms with Gasteiger partial charge in [-0.2, -0.15) is 0 Å². The van der Waals surface area contributed by atoms with Crippen LogP contribution in [-0.4, -0.2) is 28.8 Å². The van der Waals surface area contributed by atoms with Crippen LogP contribution >= 0.6 is 0 Å². The lowest BCUT2D eigenvalue weighted by Gasteiger charge is -2.11. The Kier molecular flexibility index (Phi) is 8.28. The number of hydrogen-bond acceptors (Lipinski definition) is 8. The van der Waals surface area contributed by atoms with Crippen LogP contribution in [0.5, 0.6) is 23.0 Å². The number of phenols is 1. The molecule has 0 aliphatic rings. The van der Waals surface area contributed by atoms with Crippen molar-refractivity contribution in [2.24, 2.45) is 0 Å². The fourth-order valence-electron chi connectivity index (χ4n) is 2.63. The summed E-state index contributed by atoms with van der Waals surface area (Å²) in [5.74, 6) is -2.51. The zero-order chi connectivity index (χ0) is 24.7. The minimum Gasteiger partial charge on any atom is -0.508 e. The summed E-state index contributed by atoms with van der Waals surface area (Å²) in [6.45, 7) is 9.37. The van der Waals surface area contributed by atoms with Crippen molar-refractivity contribution in [1.29, 1.82) is 0 Å². The van der Waals surface area contributed by atoms with E-state index in [4.69, 9.17) is 14.2 Å². The topological polar surface area (TPSA) is 116 Å². The molecule has 0 aliphatic carbocycles. The molecule has 8 heteroatoms. The third-order valence-electron chi connectivity index (χ3n) is 4.27. The minimum absolute atomic E-state index is 0.0512. The van der Waals surface area contributed by atoms with E-state index in [1.165, 1.54) is 51.1 Å². The number of aromatic hydroxyl groups is 1. The van der Waals surface area contributed by atoms with Crippen LogP contribution < -0.4 is 14.2 Å². The molecule has 0 radical (unpaired) electrons. The van der Waals surface area contributed by atoms with Gasteiger partial charge in [0.1, 0.15) is 11.5 Å². The number of ether oxygens (including phenoxy) is 3. The van der Waals surface area contributed by atoms with Crippen molar-refractivity contribution in [3.8, 4) is 23.0 Å². The highest BCUT2D eigenvalue weighted by Crippen LogP contribution is 2.32. The van der Waals surface area contributed by atoms with Crippen LogP contribution in [0.25, 0.3) is 6.08 Å². The van der Waals surface area contributed by atoms with Crippen molar-refractivity contribution in [2.45, 2.75) is 34.1 Å². The summed E-state index contributed by atoms with van der Waals surface area (Å²) in [4.78, 5) is 48.1. The van der Waals surface area contributed by atoms with Crippen LogP contribution in [0, 0.1) is 0 Å². The highest BCUT2D eigenvalue weighted by Gasteiger charge is 2.17. The van der Waals surface area contributed by atoms with E-state index in [-0.39, 0.29) is 51.9 Å².